The zero-order valence-corrected chi connectivity index (χ0v) is 18.5. The summed E-state index contributed by atoms with van der Waals surface area (Å²) in [7, 11) is 0. The minimum atomic E-state index is -0.275. The van der Waals surface area contributed by atoms with Gasteiger partial charge in [0.25, 0.3) is 5.91 Å². The van der Waals surface area contributed by atoms with Gasteiger partial charge in [0, 0.05) is 19.7 Å². The molecular weight excluding hydrogens is 418 g/mol. The number of furan rings is 1. The Morgan fingerprint density at radius 2 is 1.82 bits per heavy atom. The SMILES string of the molecule is O=C(CN(Cc1ccccc1)CC1CCCO1)Nc1ccccc1C(=O)NCc1ccco1. The van der Waals surface area contributed by atoms with Crippen LogP contribution in [0.25, 0.3) is 0 Å². The molecule has 0 bridgehead atoms. The average molecular weight is 448 g/mol. The summed E-state index contributed by atoms with van der Waals surface area (Å²) in [5.41, 5.74) is 2.03. The second kappa shape index (κ2) is 11.4. The summed E-state index contributed by atoms with van der Waals surface area (Å²) >= 11 is 0. The maximum atomic E-state index is 13.0. The second-order valence-electron chi connectivity index (χ2n) is 8.15. The third kappa shape index (κ3) is 6.78. The van der Waals surface area contributed by atoms with Crippen molar-refractivity contribution >= 4 is 17.5 Å². The van der Waals surface area contributed by atoms with Crippen molar-refractivity contribution in [3.8, 4) is 0 Å². The first kappa shape index (κ1) is 22.8. The summed E-state index contributed by atoms with van der Waals surface area (Å²) in [6.07, 6.45) is 3.76. The summed E-state index contributed by atoms with van der Waals surface area (Å²) < 4.78 is 11.1. The molecule has 1 saturated heterocycles. The number of carbonyl (C=O) groups excluding carboxylic acids is 2. The van der Waals surface area contributed by atoms with Gasteiger partial charge in [0.05, 0.1) is 36.7 Å². The van der Waals surface area contributed by atoms with Crippen LogP contribution in [0.15, 0.2) is 77.4 Å². The lowest BCUT2D eigenvalue weighted by atomic mass is 10.1. The van der Waals surface area contributed by atoms with Gasteiger partial charge in [0.2, 0.25) is 5.91 Å². The normalized spacial score (nSPS) is 15.5. The van der Waals surface area contributed by atoms with E-state index in [0.29, 0.717) is 30.1 Å². The fourth-order valence-corrected chi connectivity index (χ4v) is 3.96. The van der Waals surface area contributed by atoms with Crippen LogP contribution in [0.4, 0.5) is 5.69 Å². The Balaban J connectivity index is 1.39. The number of hydrogen-bond donors (Lipinski definition) is 2. The lowest BCUT2D eigenvalue weighted by molar-refractivity contribution is -0.117. The van der Waals surface area contributed by atoms with E-state index in [1.54, 1.807) is 42.7 Å². The standard InChI is InChI=1S/C26H29N3O4/c30-25(19-29(18-22-11-7-15-33-22)17-20-8-2-1-3-9-20)28-24-13-5-4-12-23(24)26(31)27-16-21-10-6-14-32-21/h1-6,8-10,12-14,22H,7,11,15-19H2,(H,27,31)(H,28,30). The molecule has 33 heavy (non-hydrogen) atoms. The summed E-state index contributed by atoms with van der Waals surface area (Å²) in [5.74, 6) is 0.216. The van der Waals surface area contributed by atoms with E-state index < -0.39 is 0 Å². The van der Waals surface area contributed by atoms with Gasteiger partial charge in [-0.2, -0.15) is 0 Å². The summed E-state index contributed by atoms with van der Waals surface area (Å²) in [6, 6.07) is 20.7. The lowest BCUT2D eigenvalue weighted by Gasteiger charge is -2.25. The Kier molecular flexibility index (Phi) is 7.90. The quantitative estimate of drug-likeness (QED) is 0.494. The van der Waals surface area contributed by atoms with E-state index in [2.05, 4.69) is 27.7 Å². The van der Waals surface area contributed by atoms with Gasteiger partial charge in [-0.3, -0.25) is 14.5 Å². The molecule has 0 spiro atoms. The Bertz CT molecular complexity index is 1030. The van der Waals surface area contributed by atoms with E-state index in [4.69, 9.17) is 9.15 Å². The number of ether oxygens (including phenoxy) is 1. The third-order valence-corrected chi connectivity index (χ3v) is 5.55. The van der Waals surface area contributed by atoms with Crippen molar-refractivity contribution in [1.29, 1.82) is 0 Å². The number of hydrogen-bond acceptors (Lipinski definition) is 5. The van der Waals surface area contributed by atoms with Crippen LogP contribution < -0.4 is 10.6 Å². The minimum absolute atomic E-state index is 0.140. The van der Waals surface area contributed by atoms with Crippen LogP contribution in [0.1, 0.15) is 34.5 Å². The van der Waals surface area contributed by atoms with E-state index in [9.17, 15) is 9.59 Å². The molecule has 0 radical (unpaired) electrons. The summed E-state index contributed by atoms with van der Waals surface area (Å²) in [5, 5.41) is 5.75. The average Bonchev–Trinajstić information content (AvgIpc) is 3.53. The maximum absolute atomic E-state index is 13.0. The van der Waals surface area contributed by atoms with Gasteiger partial charge in [-0.1, -0.05) is 42.5 Å². The molecule has 7 heteroatoms. The highest BCUT2D eigenvalue weighted by Gasteiger charge is 2.22. The van der Waals surface area contributed by atoms with E-state index in [1.165, 1.54) is 0 Å². The van der Waals surface area contributed by atoms with Gasteiger partial charge in [0.15, 0.2) is 0 Å². The van der Waals surface area contributed by atoms with E-state index in [-0.39, 0.29) is 31.0 Å². The molecule has 1 aliphatic heterocycles. The fraction of sp³-hybridized carbons (Fsp3) is 0.308. The number of nitrogens with zero attached hydrogens (tertiary/aromatic N) is 1. The first-order chi connectivity index (χ1) is 16.2. The number of amides is 2. The van der Waals surface area contributed by atoms with Crippen LogP contribution in [0.2, 0.25) is 0 Å². The molecule has 7 nitrogen and oxygen atoms in total. The predicted molar refractivity (Wildman–Crippen MR) is 126 cm³/mol. The van der Waals surface area contributed by atoms with E-state index in [1.807, 2.05) is 18.2 Å². The lowest BCUT2D eigenvalue weighted by Crippen LogP contribution is -2.38. The van der Waals surface area contributed by atoms with Gasteiger partial charge in [-0.25, -0.2) is 0 Å². The molecule has 1 aliphatic rings. The monoisotopic (exact) mass is 447 g/mol. The molecule has 2 aromatic carbocycles. The van der Waals surface area contributed by atoms with Gasteiger partial charge in [-0.05, 0) is 42.7 Å². The van der Waals surface area contributed by atoms with Crippen LogP contribution >= 0.6 is 0 Å². The first-order valence-electron chi connectivity index (χ1n) is 11.2. The van der Waals surface area contributed by atoms with Crippen LogP contribution in [0, 0.1) is 0 Å². The molecule has 3 aromatic rings. The van der Waals surface area contributed by atoms with E-state index >= 15 is 0 Å². The largest absolute Gasteiger partial charge is 0.467 e. The van der Waals surface area contributed by atoms with Crippen molar-refractivity contribution in [2.24, 2.45) is 0 Å². The predicted octanol–water partition coefficient (Wildman–Crippen LogP) is 3.83. The van der Waals surface area contributed by atoms with Crippen molar-refractivity contribution < 1.29 is 18.7 Å². The summed E-state index contributed by atoms with van der Waals surface area (Å²) in [4.78, 5) is 27.8. The first-order valence-corrected chi connectivity index (χ1v) is 11.2. The zero-order valence-electron chi connectivity index (χ0n) is 18.5. The fourth-order valence-electron chi connectivity index (χ4n) is 3.96. The highest BCUT2D eigenvalue weighted by molar-refractivity contribution is 6.04. The molecule has 0 aliphatic carbocycles. The Labute approximate surface area is 193 Å². The highest BCUT2D eigenvalue weighted by atomic mass is 16.5. The molecule has 0 saturated carbocycles. The Morgan fingerprint density at radius 3 is 2.58 bits per heavy atom. The summed E-state index contributed by atoms with van der Waals surface area (Å²) in [6.45, 7) is 2.60. The van der Waals surface area contributed by atoms with Crippen LogP contribution in [-0.2, 0) is 22.6 Å². The molecule has 2 N–H and O–H groups in total. The van der Waals surface area contributed by atoms with Crippen molar-refractivity contribution in [3.05, 3.63) is 89.9 Å². The maximum Gasteiger partial charge on any atom is 0.253 e. The Hall–Kier alpha value is -3.42. The van der Waals surface area contributed by atoms with Crippen molar-refractivity contribution in [2.75, 3.05) is 25.0 Å². The van der Waals surface area contributed by atoms with Crippen LogP contribution in [0.3, 0.4) is 0 Å². The molecule has 172 valence electrons. The number of rotatable bonds is 10. The second-order valence-corrected chi connectivity index (χ2v) is 8.15. The third-order valence-electron chi connectivity index (χ3n) is 5.55. The molecular formula is C26H29N3O4. The molecule has 1 aromatic heterocycles. The number of carbonyl (C=O) groups is 2. The molecule has 2 heterocycles. The van der Waals surface area contributed by atoms with Crippen molar-refractivity contribution in [3.63, 3.8) is 0 Å². The topological polar surface area (TPSA) is 83.8 Å². The Morgan fingerprint density at radius 1 is 1.00 bits per heavy atom. The molecule has 2 amide bonds. The number of para-hydroxylation sites is 1. The van der Waals surface area contributed by atoms with Gasteiger partial charge >= 0.3 is 0 Å². The van der Waals surface area contributed by atoms with Gasteiger partial charge in [0.1, 0.15) is 5.76 Å². The van der Waals surface area contributed by atoms with Crippen LogP contribution in [0.5, 0.6) is 0 Å². The van der Waals surface area contributed by atoms with Crippen molar-refractivity contribution in [2.45, 2.75) is 32.0 Å². The highest BCUT2D eigenvalue weighted by Crippen LogP contribution is 2.17. The molecule has 1 atom stereocenters. The number of anilines is 1. The number of nitrogens with one attached hydrogen (secondary N) is 2. The number of benzene rings is 2. The molecule has 1 unspecified atom stereocenters. The zero-order chi connectivity index (χ0) is 22.9. The molecule has 1 fully saturated rings. The molecule has 4 rings (SSSR count). The minimum Gasteiger partial charge on any atom is -0.467 e. The smallest absolute Gasteiger partial charge is 0.253 e. The van der Waals surface area contributed by atoms with Crippen LogP contribution in [-0.4, -0.2) is 42.5 Å². The van der Waals surface area contributed by atoms with Crippen molar-refractivity contribution in [1.82, 2.24) is 10.2 Å². The van der Waals surface area contributed by atoms with E-state index in [0.717, 1.165) is 25.0 Å². The van der Waals surface area contributed by atoms with Gasteiger partial charge < -0.3 is 19.8 Å². The van der Waals surface area contributed by atoms with Gasteiger partial charge in [-0.15, -0.1) is 0 Å².